The molecule has 0 aliphatic carbocycles. The number of halogens is 4. The quantitative estimate of drug-likeness (QED) is 0.848. The van der Waals surface area contributed by atoms with E-state index in [1.165, 1.54) is 12.1 Å². The van der Waals surface area contributed by atoms with E-state index < -0.39 is 11.6 Å². The summed E-state index contributed by atoms with van der Waals surface area (Å²) in [6, 6.07) is 9.12. The number of hydrogen-bond donors (Lipinski definition) is 1. The van der Waals surface area contributed by atoms with Crippen molar-refractivity contribution in [3.8, 4) is 0 Å². The molecule has 1 nitrogen and oxygen atoms in total. The first kappa shape index (κ1) is 13.1. The molecule has 0 heterocycles. The summed E-state index contributed by atoms with van der Waals surface area (Å²) in [7, 11) is 0. The molecule has 0 atom stereocenters. The van der Waals surface area contributed by atoms with Crippen molar-refractivity contribution in [2.75, 3.05) is 5.32 Å². The van der Waals surface area contributed by atoms with Gasteiger partial charge in [-0.25, -0.2) is 8.78 Å². The monoisotopic (exact) mass is 287 g/mol. The smallest absolute Gasteiger partial charge is 0.164 e. The van der Waals surface area contributed by atoms with Crippen molar-refractivity contribution in [3.63, 3.8) is 0 Å². The van der Waals surface area contributed by atoms with E-state index in [0.29, 0.717) is 5.56 Å². The Bertz CT molecular complexity index is 521. The minimum atomic E-state index is -0.535. The summed E-state index contributed by atoms with van der Waals surface area (Å²) in [5.74, 6) is -1.03. The van der Waals surface area contributed by atoms with Crippen molar-refractivity contribution in [2.45, 2.75) is 6.54 Å². The summed E-state index contributed by atoms with van der Waals surface area (Å²) < 4.78 is 26.8. The second-order valence-electron chi connectivity index (χ2n) is 3.67. The molecule has 0 aliphatic heterocycles. The molecule has 0 aliphatic rings. The van der Waals surface area contributed by atoms with Gasteiger partial charge in [0.25, 0.3) is 0 Å². The molecule has 0 bridgehead atoms. The zero-order valence-corrected chi connectivity index (χ0v) is 10.7. The van der Waals surface area contributed by atoms with Crippen LogP contribution in [0.15, 0.2) is 36.4 Å². The molecular weight excluding hydrogens is 279 g/mol. The van der Waals surface area contributed by atoms with E-state index in [1.807, 2.05) is 0 Å². The molecular formula is C13H9Cl2F2N. The minimum Gasteiger partial charge on any atom is -0.378 e. The van der Waals surface area contributed by atoms with Crippen LogP contribution in [0.4, 0.5) is 14.5 Å². The fraction of sp³-hybridized carbons (Fsp3) is 0.0769. The first-order chi connectivity index (χ1) is 8.59. The molecule has 2 aromatic carbocycles. The molecule has 0 saturated heterocycles. The molecule has 2 rings (SSSR count). The highest BCUT2D eigenvalue weighted by Gasteiger charge is 2.08. The highest BCUT2D eigenvalue weighted by molar-refractivity contribution is 6.31. The molecule has 18 heavy (non-hydrogen) atoms. The third-order valence-corrected chi connectivity index (χ3v) is 3.17. The summed E-state index contributed by atoms with van der Waals surface area (Å²) in [5, 5.41) is 2.89. The van der Waals surface area contributed by atoms with E-state index in [4.69, 9.17) is 23.2 Å². The summed E-state index contributed by atoms with van der Waals surface area (Å²) >= 11 is 11.4. The van der Waals surface area contributed by atoms with Gasteiger partial charge in [-0.15, -0.1) is 0 Å². The molecule has 0 fully saturated rings. The Morgan fingerprint density at radius 2 is 1.72 bits per heavy atom. The second kappa shape index (κ2) is 5.55. The lowest BCUT2D eigenvalue weighted by Gasteiger charge is -2.09. The maximum absolute atomic E-state index is 13.6. The fourth-order valence-corrected chi connectivity index (χ4v) is 1.88. The zero-order chi connectivity index (χ0) is 13.1. The van der Waals surface area contributed by atoms with Crippen molar-refractivity contribution in [3.05, 3.63) is 63.6 Å². The van der Waals surface area contributed by atoms with Gasteiger partial charge in [-0.05, 0) is 23.8 Å². The Kier molecular flexibility index (Phi) is 4.04. The lowest BCUT2D eigenvalue weighted by Crippen LogP contribution is -2.02. The van der Waals surface area contributed by atoms with Crippen LogP contribution in [-0.2, 0) is 6.54 Å². The molecule has 0 saturated carbocycles. The van der Waals surface area contributed by atoms with Gasteiger partial charge < -0.3 is 5.32 Å². The van der Waals surface area contributed by atoms with Crippen molar-refractivity contribution in [2.24, 2.45) is 0 Å². The predicted molar refractivity (Wildman–Crippen MR) is 70.1 cm³/mol. The van der Waals surface area contributed by atoms with Gasteiger partial charge in [0.2, 0.25) is 0 Å². The molecule has 0 aromatic heterocycles. The average Bonchev–Trinajstić information content (AvgIpc) is 2.36. The van der Waals surface area contributed by atoms with Crippen LogP contribution in [0.2, 0.25) is 10.0 Å². The van der Waals surface area contributed by atoms with Crippen LogP contribution in [0.5, 0.6) is 0 Å². The summed E-state index contributed by atoms with van der Waals surface area (Å²) in [6.45, 7) is 0.216. The molecule has 0 radical (unpaired) electrons. The van der Waals surface area contributed by atoms with Crippen molar-refractivity contribution in [1.29, 1.82) is 0 Å². The highest BCUT2D eigenvalue weighted by Crippen LogP contribution is 2.24. The maximum Gasteiger partial charge on any atom is 0.164 e. The molecule has 1 N–H and O–H groups in total. The molecule has 94 valence electrons. The number of anilines is 1. The van der Waals surface area contributed by atoms with Crippen LogP contribution in [0.1, 0.15) is 5.56 Å². The van der Waals surface area contributed by atoms with Gasteiger partial charge in [0.1, 0.15) is 5.82 Å². The zero-order valence-electron chi connectivity index (χ0n) is 9.18. The Labute approximate surface area is 113 Å². The number of nitrogens with one attached hydrogen (secondary N) is 1. The molecule has 5 heteroatoms. The third kappa shape index (κ3) is 2.74. The highest BCUT2D eigenvalue weighted by atomic mass is 35.5. The van der Waals surface area contributed by atoms with Crippen LogP contribution in [0, 0.1) is 11.6 Å². The van der Waals surface area contributed by atoms with E-state index in [-0.39, 0.29) is 22.3 Å². The van der Waals surface area contributed by atoms with Gasteiger partial charge in [-0.3, -0.25) is 0 Å². The van der Waals surface area contributed by atoms with Gasteiger partial charge in [0.05, 0.1) is 15.7 Å². The van der Waals surface area contributed by atoms with Crippen LogP contribution in [-0.4, -0.2) is 0 Å². The van der Waals surface area contributed by atoms with Gasteiger partial charge in [0, 0.05) is 6.54 Å². The first-order valence-corrected chi connectivity index (χ1v) is 5.96. The van der Waals surface area contributed by atoms with E-state index in [2.05, 4.69) is 5.32 Å². The number of benzene rings is 2. The van der Waals surface area contributed by atoms with E-state index in [0.717, 1.165) is 0 Å². The van der Waals surface area contributed by atoms with Crippen LogP contribution >= 0.6 is 23.2 Å². The Balaban J connectivity index is 2.17. The van der Waals surface area contributed by atoms with E-state index >= 15 is 0 Å². The Morgan fingerprint density at radius 1 is 1.00 bits per heavy atom. The minimum absolute atomic E-state index is 0.0327. The Hall–Kier alpha value is -1.32. The molecule has 2 aromatic rings. The average molecular weight is 288 g/mol. The van der Waals surface area contributed by atoms with Crippen molar-refractivity contribution in [1.82, 2.24) is 0 Å². The maximum atomic E-state index is 13.6. The first-order valence-electron chi connectivity index (χ1n) is 5.20. The summed E-state index contributed by atoms with van der Waals surface area (Å²) in [5.41, 5.74) is 0.805. The normalized spacial score (nSPS) is 10.4. The Morgan fingerprint density at radius 3 is 2.50 bits per heavy atom. The van der Waals surface area contributed by atoms with Crippen LogP contribution < -0.4 is 5.32 Å². The topological polar surface area (TPSA) is 12.0 Å². The standard InChI is InChI=1S/C13H9Cl2F2N/c14-9-4-2-6-11(13(9)17)18-7-8-3-1-5-10(16)12(8)15/h1-6,18H,7H2. The predicted octanol–water partition coefficient (Wildman–Crippen LogP) is 4.88. The SMILES string of the molecule is Fc1cccc(CNc2cccc(Cl)c2F)c1Cl. The van der Waals surface area contributed by atoms with Crippen LogP contribution in [0.25, 0.3) is 0 Å². The van der Waals surface area contributed by atoms with Crippen molar-refractivity contribution >= 4 is 28.9 Å². The number of rotatable bonds is 3. The second-order valence-corrected chi connectivity index (χ2v) is 4.45. The lowest BCUT2D eigenvalue weighted by molar-refractivity contribution is 0.625. The number of hydrogen-bond acceptors (Lipinski definition) is 1. The third-order valence-electron chi connectivity index (χ3n) is 2.45. The van der Waals surface area contributed by atoms with E-state index in [1.54, 1.807) is 24.3 Å². The molecule has 0 amide bonds. The van der Waals surface area contributed by atoms with Crippen molar-refractivity contribution < 1.29 is 8.78 Å². The van der Waals surface area contributed by atoms with E-state index in [9.17, 15) is 8.78 Å². The molecule has 0 spiro atoms. The summed E-state index contributed by atoms with van der Waals surface area (Å²) in [4.78, 5) is 0. The van der Waals surface area contributed by atoms with Gasteiger partial charge >= 0.3 is 0 Å². The van der Waals surface area contributed by atoms with Crippen LogP contribution in [0.3, 0.4) is 0 Å². The van der Waals surface area contributed by atoms with Gasteiger partial charge in [0.15, 0.2) is 5.82 Å². The fourth-order valence-electron chi connectivity index (χ4n) is 1.52. The largest absolute Gasteiger partial charge is 0.378 e. The lowest BCUT2D eigenvalue weighted by atomic mass is 10.2. The summed E-state index contributed by atoms with van der Waals surface area (Å²) in [6.07, 6.45) is 0. The molecule has 0 unspecified atom stereocenters. The van der Waals surface area contributed by atoms with Gasteiger partial charge in [-0.1, -0.05) is 41.4 Å². The van der Waals surface area contributed by atoms with Gasteiger partial charge in [-0.2, -0.15) is 0 Å².